The van der Waals surface area contributed by atoms with E-state index in [-0.39, 0.29) is 16.7 Å². The molecular weight excluding hydrogens is 274 g/mol. The summed E-state index contributed by atoms with van der Waals surface area (Å²) in [6.45, 7) is 0. The number of fused-ring (bicyclic) bond motifs is 2. The van der Waals surface area contributed by atoms with Gasteiger partial charge >= 0.3 is 0 Å². The van der Waals surface area contributed by atoms with E-state index in [1.54, 1.807) is 0 Å². The maximum absolute atomic E-state index is 9.45. The van der Waals surface area contributed by atoms with E-state index in [1.165, 1.54) is 7.11 Å². The first-order valence-corrected chi connectivity index (χ1v) is 6.52. The molecule has 0 fully saturated rings. The highest BCUT2D eigenvalue weighted by Crippen LogP contribution is 2.37. The van der Waals surface area contributed by atoms with Gasteiger partial charge < -0.3 is 4.74 Å². The van der Waals surface area contributed by atoms with Gasteiger partial charge in [0, 0.05) is 10.8 Å². The Morgan fingerprint density at radius 3 is 1.82 bits per heavy atom. The molecule has 3 rings (SSSR count). The van der Waals surface area contributed by atoms with Gasteiger partial charge in [-0.3, -0.25) is 0 Å². The summed E-state index contributed by atoms with van der Waals surface area (Å²) in [6, 6.07) is 17.4. The van der Waals surface area contributed by atoms with Crippen LogP contribution in [0.2, 0.25) is 0 Å². The molecule has 0 heterocycles. The molecule has 102 valence electrons. The average molecular weight is 283 g/mol. The van der Waals surface area contributed by atoms with Gasteiger partial charge in [-0.2, -0.15) is 15.8 Å². The van der Waals surface area contributed by atoms with Gasteiger partial charge in [0.2, 0.25) is 0 Å². The van der Waals surface area contributed by atoms with Crippen molar-refractivity contribution in [1.29, 1.82) is 15.8 Å². The Bertz CT molecular complexity index is 1050. The molecule has 0 aliphatic rings. The highest BCUT2D eigenvalue weighted by atomic mass is 16.5. The van der Waals surface area contributed by atoms with Crippen LogP contribution in [0.1, 0.15) is 16.7 Å². The summed E-state index contributed by atoms with van der Waals surface area (Å²) in [5.74, 6) is 0.332. The molecule has 0 saturated heterocycles. The van der Waals surface area contributed by atoms with E-state index in [1.807, 2.05) is 48.5 Å². The van der Waals surface area contributed by atoms with Crippen molar-refractivity contribution in [2.75, 3.05) is 7.11 Å². The Kier molecular flexibility index (Phi) is 3.11. The summed E-state index contributed by atoms with van der Waals surface area (Å²) in [7, 11) is 1.46. The van der Waals surface area contributed by atoms with Crippen LogP contribution in [0, 0.1) is 34.0 Å². The molecule has 0 atom stereocenters. The largest absolute Gasteiger partial charge is 0.495 e. The van der Waals surface area contributed by atoms with Gasteiger partial charge in [-0.1, -0.05) is 24.3 Å². The van der Waals surface area contributed by atoms with E-state index in [2.05, 4.69) is 6.07 Å². The van der Waals surface area contributed by atoms with Crippen LogP contribution in [0.4, 0.5) is 0 Å². The zero-order valence-corrected chi connectivity index (χ0v) is 11.7. The molecule has 0 amide bonds. The predicted octanol–water partition coefficient (Wildman–Crippen LogP) is 3.62. The highest BCUT2D eigenvalue weighted by Gasteiger charge is 2.20. The normalized spacial score (nSPS) is 9.91. The van der Waals surface area contributed by atoms with Crippen LogP contribution in [0.3, 0.4) is 0 Å². The smallest absolute Gasteiger partial charge is 0.145 e. The molecule has 22 heavy (non-hydrogen) atoms. The molecule has 0 radical (unpaired) electrons. The van der Waals surface area contributed by atoms with Gasteiger partial charge in [0.1, 0.15) is 29.5 Å². The third-order valence-corrected chi connectivity index (χ3v) is 3.67. The van der Waals surface area contributed by atoms with Crippen LogP contribution < -0.4 is 4.74 Å². The standard InChI is InChI=1S/C18H9N3O/c1-22-18-14-7-12-5-3-2-4-11(12)6-13(14)15(8-19)16(9-20)17(18)10-21/h2-7H,1H3. The Morgan fingerprint density at radius 2 is 1.32 bits per heavy atom. The van der Waals surface area contributed by atoms with Crippen molar-refractivity contribution in [3.8, 4) is 24.0 Å². The van der Waals surface area contributed by atoms with Crippen molar-refractivity contribution < 1.29 is 4.74 Å². The van der Waals surface area contributed by atoms with E-state index >= 15 is 0 Å². The van der Waals surface area contributed by atoms with Crippen molar-refractivity contribution >= 4 is 21.5 Å². The van der Waals surface area contributed by atoms with Crippen LogP contribution in [-0.4, -0.2) is 7.11 Å². The molecule has 3 aromatic rings. The fourth-order valence-electron chi connectivity index (χ4n) is 2.69. The average Bonchev–Trinajstić information content (AvgIpc) is 2.57. The topological polar surface area (TPSA) is 80.6 Å². The van der Waals surface area contributed by atoms with Crippen molar-refractivity contribution in [1.82, 2.24) is 0 Å². The van der Waals surface area contributed by atoms with Crippen molar-refractivity contribution in [3.63, 3.8) is 0 Å². The number of rotatable bonds is 1. The lowest BCUT2D eigenvalue weighted by Gasteiger charge is -2.12. The number of nitriles is 3. The zero-order valence-electron chi connectivity index (χ0n) is 11.7. The number of ether oxygens (including phenoxy) is 1. The van der Waals surface area contributed by atoms with Crippen LogP contribution in [0.5, 0.6) is 5.75 Å². The molecule has 0 aliphatic heterocycles. The lowest BCUT2D eigenvalue weighted by atomic mass is 9.92. The van der Waals surface area contributed by atoms with Gasteiger partial charge in [0.25, 0.3) is 0 Å². The van der Waals surface area contributed by atoms with E-state index < -0.39 is 0 Å². The highest BCUT2D eigenvalue weighted by molar-refractivity contribution is 6.05. The van der Waals surface area contributed by atoms with Gasteiger partial charge in [0.05, 0.1) is 18.2 Å². The number of hydrogen-bond donors (Lipinski definition) is 0. The Labute approximate surface area is 127 Å². The molecule has 0 spiro atoms. The van der Waals surface area contributed by atoms with Crippen LogP contribution >= 0.6 is 0 Å². The Balaban J connectivity index is 2.65. The molecule has 0 N–H and O–H groups in total. The van der Waals surface area contributed by atoms with Gasteiger partial charge in [-0.05, 0) is 22.9 Å². The fourth-order valence-corrected chi connectivity index (χ4v) is 2.69. The molecule has 0 aliphatic carbocycles. The minimum absolute atomic E-state index is 0.0598. The molecule has 0 saturated carbocycles. The second-order valence-corrected chi connectivity index (χ2v) is 4.74. The molecule has 3 aromatic carbocycles. The van der Waals surface area contributed by atoms with Crippen molar-refractivity contribution in [2.24, 2.45) is 0 Å². The van der Waals surface area contributed by atoms with Crippen LogP contribution in [0.25, 0.3) is 21.5 Å². The fraction of sp³-hybridized carbons (Fsp3) is 0.0556. The first-order chi connectivity index (χ1) is 10.7. The summed E-state index contributed by atoms with van der Waals surface area (Å²) in [5, 5.41) is 31.4. The molecule has 0 unspecified atom stereocenters. The molecule has 4 heteroatoms. The quantitative estimate of drug-likeness (QED) is 0.639. The third-order valence-electron chi connectivity index (χ3n) is 3.67. The zero-order chi connectivity index (χ0) is 15.7. The maximum Gasteiger partial charge on any atom is 0.145 e. The lowest BCUT2D eigenvalue weighted by Crippen LogP contribution is -1.98. The maximum atomic E-state index is 9.45. The molecule has 0 bridgehead atoms. The number of methoxy groups -OCH3 is 1. The predicted molar refractivity (Wildman–Crippen MR) is 82.2 cm³/mol. The second kappa shape index (κ2) is 5.09. The first kappa shape index (κ1) is 13.4. The third kappa shape index (κ3) is 1.74. The lowest BCUT2D eigenvalue weighted by molar-refractivity contribution is 0.418. The summed E-state index contributed by atoms with van der Waals surface area (Å²) in [5.41, 5.74) is 0.370. The monoisotopic (exact) mass is 283 g/mol. The van der Waals surface area contributed by atoms with E-state index in [9.17, 15) is 15.8 Å². The van der Waals surface area contributed by atoms with Crippen molar-refractivity contribution in [2.45, 2.75) is 0 Å². The van der Waals surface area contributed by atoms with Crippen LogP contribution in [0.15, 0.2) is 36.4 Å². The molecule has 0 aromatic heterocycles. The van der Waals surface area contributed by atoms with Crippen LogP contribution in [-0.2, 0) is 0 Å². The van der Waals surface area contributed by atoms with Gasteiger partial charge in [-0.25, -0.2) is 0 Å². The summed E-state index contributed by atoms with van der Waals surface area (Å²) in [6.07, 6.45) is 0. The SMILES string of the molecule is COc1c(C#N)c(C#N)c(C#N)c2cc3ccccc3cc12. The van der Waals surface area contributed by atoms with Crippen molar-refractivity contribution in [3.05, 3.63) is 53.1 Å². The van der Waals surface area contributed by atoms with Gasteiger partial charge in [-0.15, -0.1) is 0 Å². The number of hydrogen-bond acceptors (Lipinski definition) is 4. The number of nitrogens with zero attached hydrogens (tertiary/aromatic N) is 3. The summed E-state index contributed by atoms with van der Waals surface area (Å²) < 4.78 is 5.36. The van der Waals surface area contributed by atoms with E-state index in [0.29, 0.717) is 16.5 Å². The summed E-state index contributed by atoms with van der Waals surface area (Å²) in [4.78, 5) is 0. The van der Waals surface area contributed by atoms with E-state index in [0.717, 1.165) is 10.8 Å². The Hall–Kier alpha value is -3.55. The number of benzene rings is 3. The van der Waals surface area contributed by atoms with Gasteiger partial charge in [0.15, 0.2) is 0 Å². The molecule has 4 nitrogen and oxygen atoms in total. The summed E-state index contributed by atoms with van der Waals surface area (Å²) >= 11 is 0. The minimum Gasteiger partial charge on any atom is -0.495 e. The Morgan fingerprint density at radius 1 is 0.773 bits per heavy atom. The second-order valence-electron chi connectivity index (χ2n) is 4.74. The van der Waals surface area contributed by atoms with E-state index in [4.69, 9.17) is 4.74 Å². The first-order valence-electron chi connectivity index (χ1n) is 6.52. The molecular formula is C18H9N3O. The minimum atomic E-state index is 0.0598.